The summed E-state index contributed by atoms with van der Waals surface area (Å²) in [4.78, 5) is 12.6. The van der Waals surface area contributed by atoms with Crippen molar-refractivity contribution in [1.29, 1.82) is 0 Å². The molecule has 2 aromatic rings. The van der Waals surface area contributed by atoms with Crippen LogP contribution in [0.1, 0.15) is 54.8 Å². The number of hydrogen-bond acceptors (Lipinski definition) is 3. The molecule has 0 aliphatic heterocycles. The lowest BCUT2D eigenvalue weighted by Gasteiger charge is -2.27. The van der Waals surface area contributed by atoms with E-state index in [9.17, 15) is 4.79 Å². The minimum absolute atomic E-state index is 0.0794. The first kappa shape index (κ1) is 15.2. The monoisotopic (exact) mass is 325 g/mol. The van der Waals surface area contributed by atoms with E-state index in [1.165, 1.54) is 6.42 Å². The van der Waals surface area contributed by atoms with Crippen LogP contribution >= 0.6 is 0 Å². The highest BCUT2D eigenvalue weighted by atomic mass is 16.5. The minimum atomic E-state index is -0.0905. The Morgan fingerprint density at radius 3 is 2.96 bits per heavy atom. The molecule has 1 heterocycles. The molecule has 1 atom stereocenters. The van der Waals surface area contributed by atoms with E-state index >= 15 is 0 Å². The first-order valence-electron chi connectivity index (χ1n) is 8.85. The Labute approximate surface area is 141 Å². The van der Waals surface area contributed by atoms with Crippen LogP contribution in [0, 0.1) is 0 Å². The van der Waals surface area contributed by atoms with Crippen molar-refractivity contribution >= 4 is 5.91 Å². The fourth-order valence-electron chi connectivity index (χ4n) is 3.47. The average molecular weight is 325 g/mol. The van der Waals surface area contributed by atoms with Crippen LogP contribution in [0.25, 0.3) is 0 Å². The highest BCUT2D eigenvalue weighted by Crippen LogP contribution is 2.31. The topological polar surface area (TPSA) is 67.0 Å². The molecule has 1 fully saturated rings. The summed E-state index contributed by atoms with van der Waals surface area (Å²) >= 11 is 0. The molecule has 1 aromatic heterocycles. The van der Waals surface area contributed by atoms with Gasteiger partial charge in [-0.25, -0.2) is 0 Å². The van der Waals surface area contributed by atoms with Crippen molar-refractivity contribution in [2.45, 2.75) is 57.1 Å². The molecule has 24 heavy (non-hydrogen) atoms. The van der Waals surface area contributed by atoms with Gasteiger partial charge in [-0.3, -0.25) is 9.89 Å². The Bertz CT molecular complexity index is 721. The quantitative estimate of drug-likeness (QED) is 0.888. The molecule has 2 N–H and O–H groups in total. The molecule has 126 valence electrons. The zero-order valence-electron chi connectivity index (χ0n) is 13.8. The van der Waals surface area contributed by atoms with Gasteiger partial charge in [0.1, 0.15) is 5.75 Å². The largest absolute Gasteiger partial charge is 0.490 e. The van der Waals surface area contributed by atoms with Crippen molar-refractivity contribution in [2.24, 2.45) is 0 Å². The van der Waals surface area contributed by atoms with Crippen LogP contribution in [0.2, 0.25) is 0 Å². The number of nitrogens with zero attached hydrogens (tertiary/aromatic N) is 1. The van der Waals surface area contributed by atoms with Gasteiger partial charge in [0.2, 0.25) is 5.91 Å². The second-order valence-electron chi connectivity index (χ2n) is 6.75. The van der Waals surface area contributed by atoms with E-state index in [1.54, 1.807) is 6.20 Å². The second kappa shape index (κ2) is 6.67. The molecule has 1 saturated carbocycles. The van der Waals surface area contributed by atoms with Gasteiger partial charge in [0.05, 0.1) is 18.2 Å². The summed E-state index contributed by atoms with van der Waals surface area (Å²) in [7, 11) is 0. The summed E-state index contributed by atoms with van der Waals surface area (Å²) < 4.78 is 6.04. The van der Waals surface area contributed by atoms with E-state index in [4.69, 9.17) is 4.74 Å². The highest BCUT2D eigenvalue weighted by molar-refractivity contribution is 5.84. The lowest BCUT2D eigenvalue weighted by atomic mass is 9.86. The third-order valence-electron chi connectivity index (χ3n) is 5.13. The SMILES string of the molecule is O=C(NCc1ccccc1OC1CCC1)C1CCCc2[nH]ncc21. The second-order valence-corrected chi connectivity index (χ2v) is 6.75. The average Bonchev–Trinajstić information content (AvgIpc) is 3.05. The third-order valence-corrected chi connectivity index (χ3v) is 5.13. The molecule has 0 saturated heterocycles. The van der Waals surface area contributed by atoms with Gasteiger partial charge >= 0.3 is 0 Å². The fraction of sp³-hybridized carbons (Fsp3) is 0.474. The third kappa shape index (κ3) is 3.03. The number of aromatic amines is 1. The molecule has 2 aliphatic carbocycles. The number of aromatic nitrogens is 2. The van der Waals surface area contributed by atoms with Crippen LogP contribution in [0.15, 0.2) is 30.5 Å². The molecule has 0 spiro atoms. The van der Waals surface area contributed by atoms with Crippen molar-refractivity contribution in [3.05, 3.63) is 47.3 Å². The van der Waals surface area contributed by atoms with Crippen molar-refractivity contribution in [2.75, 3.05) is 0 Å². The molecule has 0 radical (unpaired) electrons. The van der Waals surface area contributed by atoms with E-state index in [1.807, 2.05) is 24.3 Å². The van der Waals surface area contributed by atoms with Gasteiger partial charge in [-0.2, -0.15) is 5.10 Å². The zero-order valence-corrected chi connectivity index (χ0v) is 13.8. The zero-order chi connectivity index (χ0) is 16.4. The molecular formula is C19H23N3O2. The number of para-hydroxylation sites is 1. The number of amides is 1. The first-order chi connectivity index (χ1) is 11.8. The minimum Gasteiger partial charge on any atom is -0.490 e. The maximum atomic E-state index is 12.6. The smallest absolute Gasteiger partial charge is 0.227 e. The molecule has 0 bridgehead atoms. The van der Waals surface area contributed by atoms with Crippen molar-refractivity contribution in [3.63, 3.8) is 0 Å². The van der Waals surface area contributed by atoms with E-state index < -0.39 is 0 Å². The molecule has 5 nitrogen and oxygen atoms in total. The Balaban J connectivity index is 1.41. The summed E-state index contributed by atoms with van der Waals surface area (Å²) in [5.41, 5.74) is 3.20. The summed E-state index contributed by atoms with van der Waals surface area (Å²) in [5, 5.41) is 10.2. The molecule has 1 unspecified atom stereocenters. The number of aryl methyl sites for hydroxylation is 1. The van der Waals surface area contributed by atoms with Gasteiger partial charge < -0.3 is 10.1 Å². The Hall–Kier alpha value is -2.30. The summed E-state index contributed by atoms with van der Waals surface area (Å²) in [6.07, 6.45) is 8.54. The van der Waals surface area contributed by atoms with E-state index in [2.05, 4.69) is 15.5 Å². The van der Waals surface area contributed by atoms with Gasteiger partial charge in [-0.1, -0.05) is 18.2 Å². The van der Waals surface area contributed by atoms with Gasteiger partial charge in [0.15, 0.2) is 0 Å². The van der Waals surface area contributed by atoms with E-state index in [0.717, 1.165) is 54.7 Å². The van der Waals surface area contributed by atoms with E-state index in [0.29, 0.717) is 12.6 Å². The molecule has 2 aliphatic rings. The maximum Gasteiger partial charge on any atom is 0.227 e. The number of nitrogens with one attached hydrogen (secondary N) is 2. The molecule has 5 heteroatoms. The maximum absolute atomic E-state index is 12.6. The lowest BCUT2D eigenvalue weighted by molar-refractivity contribution is -0.123. The summed E-state index contributed by atoms with van der Waals surface area (Å²) in [6.45, 7) is 0.505. The number of hydrogen-bond donors (Lipinski definition) is 2. The van der Waals surface area contributed by atoms with Crippen molar-refractivity contribution in [3.8, 4) is 5.75 Å². The normalized spacial score (nSPS) is 20.1. The molecule has 4 rings (SSSR count). The van der Waals surface area contributed by atoms with Crippen LogP contribution in [-0.4, -0.2) is 22.2 Å². The molecule has 1 amide bonds. The standard InChI is InChI=1S/C19H23N3O2/c23-19(15-8-4-9-17-16(15)12-21-22-17)20-11-13-5-1-2-10-18(13)24-14-6-3-7-14/h1-2,5,10,12,14-15H,3-4,6-9,11H2,(H,20,23)(H,21,22). The van der Waals surface area contributed by atoms with Gasteiger partial charge in [-0.15, -0.1) is 0 Å². The number of fused-ring (bicyclic) bond motifs is 1. The predicted octanol–water partition coefficient (Wildman–Crippen LogP) is 3.08. The number of carbonyl (C=O) groups is 1. The van der Waals surface area contributed by atoms with Gasteiger partial charge in [-0.05, 0) is 44.6 Å². The van der Waals surface area contributed by atoms with Crippen molar-refractivity contribution < 1.29 is 9.53 Å². The predicted molar refractivity (Wildman–Crippen MR) is 90.8 cm³/mol. The van der Waals surface area contributed by atoms with Gasteiger partial charge in [0, 0.05) is 23.4 Å². The molecular weight excluding hydrogens is 302 g/mol. The summed E-state index contributed by atoms with van der Waals surface area (Å²) in [5.74, 6) is 0.887. The van der Waals surface area contributed by atoms with Gasteiger partial charge in [0.25, 0.3) is 0 Å². The van der Waals surface area contributed by atoms with Crippen LogP contribution in [0.5, 0.6) is 5.75 Å². The Morgan fingerprint density at radius 1 is 1.25 bits per heavy atom. The number of rotatable bonds is 5. The van der Waals surface area contributed by atoms with Crippen LogP contribution in [0.4, 0.5) is 0 Å². The van der Waals surface area contributed by atoms with E-state index in [-0.39, 0.29) is 11.8 Å². The number of benzene rings is 1. The van der Waals surface area contributed by atoms with Crippen molar-refractivity contribution in [1.82, 2.24) is 15.5 Å². The first-order valence-corrected chi connectivity index (χ1v) is 8.85. The number of carbonyl (C=O) groups excluding carboxylic acids is 1. The Morgan fingerprint density at radius 2 is 2.12 bits per heavy atom. The number of ether oxygens (including phenoxy) is 1. The highest BCUT2D eigenvalue weighted by Gasteiger charge is 2.28. The lowest BCUT2D eigenvalue weighted by Crippen LogP contribution is -2.31. The van der Waals surface area contributed by atoms with Crippen LogP contribution < -0.4 is 10.1 Å². The molecule has 1 aromatic carbocycles. The fourth-order valence-corrected chi connectivity index (χ4v) is 3.47. The Kier molecular flexibility index (Phi) is 4.24. The number of H-pyrrole nitrogens is 1. The van der Waals surface area contributed by atoms with Crippen LogP contribution in [0.3, 0.4) is 0 Å². The van der Waals surface area contributed by atoms with Crippen LogP contribution in [-0.2, 0) is 17.8 Å². The summed E-state index contributed by atoms with van der Waals surface area (Å²) in [6, 6.07) is 8.00.